The second kappa shape index (κ2) is 6.99. The minimum Gasteiger partial charge on any atom is -0.497 e. The molecular weight excluding hydrogens is 316 g/mol. The van der Waals surface area contributed by atoms with Crippen molar-refractivity contribution >= 4 is 6.29 Å². The van der Waals surface area contributed by atoms with E-state index in [1.165, 1.54) is 6.42 Å². The molecule has 138 valence electrons. The zero-order chi connectivity index (χ0) is 18.2. The lowest BCUT2D eigenvalue weighted by Gasteiger charge is -2.45. The van der Waals surface area contributed by atoms with E-state index in [2.05, 4.69) is 20.8 Å². The van der Waals surface area contributed by atoms with Crippen LogP contribution in [0.1, 0.15) is 51.7 Å². The van der Waals surface area contributed by atoms with Crippen molar-refractivity contribution in [3.05, 3.63) is 23.8 Å². The van der Waals surface area contributed by atoms with Crippen molar-refractivity contribution in [3.8, 4) is 11.5 Å². The molecule has 0 aromatic heterocycles. The van der Waals surface area contributed by atoms with E-state index in [0.29, 0.717) is 5.92 Å². The smallest absolute Gasteiger partial charge is 0.152 e. The third-order valence-corrected chi connectivity index (χ3v) is 6.59. The molecule has 0 amide bonds. The Labute approximate surface area is 150 Å². The summed E-state index contributed by atoms with van der Waals surface area (Å²) in [6, 6.07) is 5.84. The molecule has 1 saturated heterocycles. The van der Waals surface area contributed by atoms with Gasteiger partial charge in [0.25, 0.3) is 0 Å². The van der Waals surface area contributed by atoms with E-state index in [-0.39, 0.29) is 23.9 Å². The van der Waals surface area contributed by atoms with Crippen LogP contribution in [0, 0.1) is 23.7 Å². The van der Waals surface area contributed by atoms with E-state index in [1.807, 2.05) is 18.2 Å². The first-order chi connectivity index (χ1) is 12.0. The van der Waals surface area contributed by atoms with Crippen LogP contribution < -0.4 is 9.47 Å². The van der Waals surface area contributed by atoms with Crippen LogP contribution in [0.4, 0.5) is 0 Å². The molecule has 0 bridgehead atoms. The first kappa shape index (κ1) is 18.2. The molecule has 1 saturated carbocycles. The van der Waals surface area contributed by atoms with Gasteiger partial charge in [-0.25, -0.2) is 0 Å². The van der Waals surface area contributed by atoms with Gasteiger partial charge >= 0.3 is 0 Å². The van der Waals surface area contributed by atoms with Crippen molar-refractivity contribution in [1.82, 2.24) is 0 Å². The van der Waals surface area contributed by atoms with Gasteiger partial charge in [0.1, 0.15) is 17.1 Å². The van der Waals surface area contributed by atoms with Gasteiger partial charge in [-0.15, -0.1) is 0 Å². The normalized spacial score (nSPS) is 37.4. The van der Waals surface area contributed by atoms with Crippen LogP contribution in [0.2, 0.25) is 0 Å². The molecule has 4 nitrogen and oxygen atoms in total. The van der Waals surface area contributed by atoms with Crippen molar-refractivity contribution < 1.29 is 19.0 Å². The minimum absolute atomic E-state index is 0.129. The second-order valence-electron chi connectivity index (χ2n) is 7.65. The van der Waals surface area contributed by atoms with Gasteiger partial charge in [-0.2, -0.15) is 0 Å². The molecular formula is C21H30O4. The fourth-order valence-electron chi connectivity index (χ4n) is 5.30. The quantitative estimate of drug-likeness (QED) is 0.740. The Bertz CT molecular complexity index is 628. The molecule has 0 spiro atoms. The number of fused-ring (bicyclic) bond motifs is 1. The summed E-state index contributed by atoms with van der Waals surface area (Å²) in [4.78, 5) is 12.3. The van der Waals surface area contributed by atoms with Gasteiger partial charge in [-0.3, -0.25) is 0 Å². The van der Waals surface area contributed by atoms with Gasteiger partial charge in [0.15, 0.2) is 6.29 Å². The predicted octanol–water partition coefficient (Wildman–Crippen LogP) is 4.42. The van der Waals surface area contributed by atoms with Crippen molar-refractivity contribution in [2.75, 3.05) is 14.2 Å². The molecule has 1 aliphatic carbocycles. The van der Waals surface area contributed by atoms with E-state index in [9.17, 15) is 4.79 Å². The lowest BCUT2D eigenvalue weighted by molar-refractivity contribution is -0.154. The van der Waals surface area contributed by atoms with Gasteiger partial charge in [-0.1, -0.05) is 20.8 Å². The lowest BCUT2D eigenvalue weighted by Crippen LogP contribution is -2.51. The molecule has 0 unspecified atom stereocenters. The first-order valence-electron chi connectivity index (χ1n) is 9.38. The zero-order valence-electron chi connectivity index (χ0n) is 16.0. The van der Waals surface area contributed by atoms with Gasteiger partial charge in [-0.05, 0) is 49.1 Å². The van der Waals surface area contributed by atoms with Crippen LogP contribution in [0.15, 0.2) is 18.2 Å². The molecule has 1 aliphatic heterocycles. The van der Waals surface area contributed by atoms with E-state index >= 15 is 0 Å². The summed E-state index contributed by atoms with van der Waals surface area (Å²) in [7, 11) is 3.31. The molecule has 2 aliphatic rings. The van der Waals surface area contributed by atoms with E-state index in [0.717, 1.165) is 36.2 Å². The molecule has 4 heteroatoms. The molecule has 1 heterocycles. The van der Waals surface area contributed by atoms with Crippen molar-refractivity contribution in [3.63, 3.8) is 0 Å². The van der Waals surface area contributed by atoms with Gasteiger partial charge < -0.3 is 19.0 Å². The number of hydrogen-bond donors (Lipinski definition) is 0. The molecule has 6 atom stereocenters. The fraction of sp³-hybridized carbons (Fsp3) is 0.667. The second-order valence-corrected chi connectivity index (χ2v) is 7.65. The Morgan fingerprint density at radius 3 is 2.60 bits per heavy atom. The fourth-order valence-corrected chi connectivity index (χ4v) is 5.30. The monoisotopic (exact) mass is 346 g/mol. The Morgan fingerprint density at radius 1 is 1.24 bits per heavy atom. The Hall–Kier alpha value is -1.55. The molecule has 2 fully saturated rings. The highest BCUT2D eigenvalue weighted by Crippen LogP contribution is 2.58. The molecule has 0 radical (unpaired) electrons. The maximum atomic E-state index is 12.3. The van der Waals surface area contributed by atoms with E-state index in [4.69, 9.17) is 14.2 Å². The SMILES string of the molecule is CC[C@H]1[C@H](C)CC[C@H]2[C@@H](C)[C@H](c3ccc(OC)cc3OC)O[C@@]21C=O. The van der Waals surface area contributed by atoms with Crippen molar-refractivity contribution in [2.24, 2.45) is 23.7 Å². The van der Waals surface area contributed by atoms with Crippen LogP contribution >= 0.6 is 0 Å². The largest absolute Gasteiger partial charge is 0.497 e. The van der Waals surface area contributed by atoms with Crippen LogP contribution in [0.5, 0.6) is 11.5 Å². The van der Waals surface area contributed by atoms with Gasteiger partial charge in [0, 0.05) is 17.5 Å². The van der Waals surface area contributed by atoms with Crippen LogP contribution in [0.3, 0.4) is 0 Å². The molecule has 0 N–H and O–H groups in total. The Kier molecular flexibility index (Phi) is 5.10. The topological polar surface area (TPSA) is 44.8 Å². The number of carbonyl (C=O) groups excluding carboxylic acids is 1. The number of ether oxygens (including phenoxy) is 3. The Morgan fingerprint density at radius 2 is 2.00 bits per heavy atom. The molecule has 1 aromatic carbocycles. The average Bonchev–Trinajstić information content (AvgIpc) is 2.94. The summed E-state index contributed by atoms with van der Waals surface area (Å²) in [5.41, 5.74) is 0.343. The number of methoxy groups -OCH3 is 2. The molecule has 3 rings (SSSR count). The number of rotatable bonds is 5. The van der Waals surface area contributed by atoms with Crippen LogP contribution in [0.25, 0.3) is 0 Å². The van der Waals surface area contributed by atoms with E-state index < -0.39 is 5.60 Å². The van der Waals surface area contributed by atoms with Crippen molar-refractivity contribution in [1.29, 1.82) is 0 Å². The summed E-state index contributed by atoms with van der Waals surface area (Å²) >= 11 is 0. The van der Waals surface area contributed by atoms with Gasteiger partial charge in [0.05, 0.1) is 20.3 Å². The number of carbonyl (C=O) groups is 1. The summed E-state index contributed by atoms with van der Waals surface area (Å²) in [5.74, 6) is 2.85. The standard InChI is InChI=1S/C21H30O4/c1-6-17-13(2)7-10-18-14(3)20(25-21(17,18)12-22)16-9-8-15(23-4)11-19(16)24-5/h8-9,11-14,17-18,20H,6-7,10H2,1-5H3/t13-,14-,17+,18+,20-,21-/m1/s1. The number of aldehydes is 1. The highest BCUT2D eigenvalue weighted by atomic mass is 16.5. The van der Waals surface area contributed by atoms with Crippen LogP contribution in [-0.4, -0.2) is 26.1 Å². The van der Waals surface area contributed by atoms with Crippen LogP contribution in [-0.2, 0) is 9.53 Å². The molecule has 1 aromatic rings. The number of benzene rings is 1. The third-order valence-electron chi connectivity index (χ3n) is 6.59. The van der Waals surface area contributed by atoms with Gasteiger partial charge in [0.2, 0.25) is 0 Å². The summed E-state index contributed by atoms with van der Waals surface area (Å²) < 4.78 is 17.5. The summed E-state index contributed by atoms with van der Waals surface area (Å²) in [6.45, 7) is 6.64. The van der Waals surface area contributed by atoms with Crippen molar-refractivity contribution in [2.45, 2.75) is 51.7 Å². The maximum absolute atomic E-state index is 12.3. The highest BCUT2D eigenvalue weighted by Gasteiger charge is 2.60. The number of hydrogen-bond acceptors (Lipinski definition) is 4. The minimum atomic E-state index is -0.665. The Balaban J connectivity index is 2.02. The van der Waals surface area contributed by atoms with E-state index in [1.54, 1.807) is 14.2 Å². The maximum Gasteiger partial charge on any atom is 0.152 e. The average molecular weight is 346 g/mol. The molecule has 25 heavy (non-hydrogen) atoms. The predicted molar refractivity (Wildman–Crippen MR) is 97.0 cm³/mol. The third kappa shape index (κ3) is 2.75. The summed E-state index contributed by atoms with van der Waals surface area (Å²) in [6.07, 6.45) is 4.16. The summed E-state index contributed by atoms with van der Waals surface area (Å²) in [5, 5.41) is 0. The first-order valence-corrected chi connectivity index (χ1v) is 9.38. The lowest BCUT2D eigenvalue weighted by atomic mass is 9.61. The highest BCUT2D eigenvalue weighted by molar-refractivity contribution is 5.66. The zero-order valence-corrected chi connectivity index (χ0v) is 16.0.